The van der Waals surface area contributed by atoms with Crippen LogP contribution in [0.5, 0.6) is 0 Å². The van der Waals surface area contributed by atoms with Gasteiger partial charge in [-0.05, 0) is 30.5 Å². The Bertz CT molecular complexity index is 485. The summed E-state index contributed by atoms with van der Waals surface area (Å²) in [5, 5.41) is 0. The summed E-state index contributed by atoms with van der Waals surface area (Å²) in [6, 6.07) is 5.18. The topological polar surface area (TPSA) is 46.3 Å². The fourth-order valence-electron chi connectivity index (χ4n) is 2.29. The van der Waals surface area contributed by atoms with Gasteiger partial charge in [-0.1, -0.05) is 6.07 Å². The lowest BCUT2D eigenvalue weighted by atomic mass is 9.99. The molecule has 1 aliphatic heterocycles. The van der Waals surface area contributed by atoms with Crippen molar-refractivity contribution in [3.05, 3.63) is 23.8 Å². The van der Waals surface area contributed by atoms with Crippen LogP contribution in [0.4, 0.5) is 24.5 Å². The highest BCUT2D eigenvalue weighted by atomic mass is 19.4. The summed E-state index contributed by atoms with van der Waals surface area (Å²) in [4.78, 5) is 13.3. The predicted octanol–water partition coefficient (Wildman–Crippen LogP) is 2.89. The Labute approximate surface area is 109 Å². The van der Waals surface area contributed by atoms with Crippen LogP contribution >= 0.6 is 0 Å². The second kappa shape index (κ2) is 5.11. The molecule has 0 aromatic heterocycles. The number of alkyl halides is 3. The molecular formula is C13H15F3N2O. The van der Waals surface area contributed by atoms with Crippen LogP contribution in [0.3, 0.4) is 0 Å². The molecule has 0 saturated heterocycles. The zero-order valence-corrected chi connectivity index (χ0v) is 10.3. The van der Waals surface area contributed by atoms with Crippen molar-refractivity contribution in [3.8, 4) is 0 Å². The number of carbonyl (C=O) groups is 1. The van der Waals surface area contributed by atoms with E-state index in [0.29, 0.717) is 17.9 Å². The number of nitrogens with zero attached hydrogens (tertiary/aromatic N) is 1. The molecule has 0 unspecified atom stereocenters. The molecule has 0 bridgehead atoms. The zero-order valence-electron chi connectivity index (χ0n) is 10.3. The van der Waals surface area contributed by atoms with E-state index in [1.165, 1.54) is 4.90 Å². The molecule has 1 aromatic carbocycles. The van der Waals surface area contributed by atoms with Crippen LogP contribution in [-0.2, 0) is 11.2 Å². The maximum absolute atomic E-state index is 12.2. The number of benzene rings is 1. The number of rotatable bonds is 2. The molecule has 2 N–H and O–H groups in total. The minimum Gasteiger partial charge on any atom is -0.398 e. The third kappa shape index (κ3) is 3.19. The van der Waals surface area contributed by atoms with Crippen molar-refractivity contribution in [3.63, 3.8) is 0 Å². The zero-order chi connectivity index (χ0) is 14.0. The Kier molecular flexibility index (Phi) is 3.68. The van der Waals surface area contributed by atoms with Crippen molar-refractivity contribution in [2.45, 2.75) is 31.9 Å². The first-order valence-corrected chi connectivity index (χ1v) is 6.13. The number of anilines is 2. The first kappa shape index (κ1) is 13.7. The van der Waals surface area contributed by atoms with Gasteiger partial charge in [-0.2, -0.15) is 13.2 Å². The Morgan fingerprint density at radius 3 is 2.79 bits per heavy atom. The van der Waals surface area contributed by atoms with E-state index >= 15 is 0 Å². The van der Waals surface area contributed by atoms with Gasteiger partial charge in [0.25, 0.3) is 0 Å². The van der Waals surface area contributed by atoms with Crippen LogP contribution in [0.25, 0.3) is 0 Å². The van der Waals surface area contributed by atoms with E-state index in [0.717, 1.165) is 18.4 Å². The molecule has 0 saturated carbocycles. The Morgan fingerprint density at radius 2 is 2.11 bits per heavy atom. The van der Waals surface area contributed by atoms with Crippen molar-refractivity contribution in [2.24, 2.45) is 0 Å². The van der Waals surface area contributed by atoms with Gasteiger partial charge in [0.2, 0.25) is 5.91 Å². The van der Waals surface area contributed by atoms with Gasteiger partial charge in [-0.25, -0.2) is 0 Å². The van der Waals surface area contributed by atoms with Gasteiger partial charge in [0, 0.05) is 24.3 Å². The second-order valence-corrected chi connectivity index (χ2v) is 4.61. The number of nitrogens with two attached hydrogens (primary N) is 1. The number of hydrogen-bond donors (Lipinski definition) is 1. The van der Waals surface area contributed by atoms with E-state index in [-0.39, 0.29) is 0 Å². The highest BCUT2D eigenvalue weighted by molar-refractivity contribution is 5.95. The maximum atomic E-state index is 12.2. The van der Waals surface area contributed by atoms with E-state index in [9.17, 15) is 18.0 Å². The van der Waals surface area contributed by atoms with Gasteiger partial charge < -0.3 is 10.6 Å². The van der Waals surface area contributed by atoms with Gasteiger partial charge in [0.15, 0.2) is 0 Å². The quantitative estimate of drug-likeness (QED) is 0.841. The summed E-state index contributed by atoms with van der Waals surface area (Å²) in [5.74, 6) is -0.496. The third-order valence-electron chi connectivity index (χ3n) is 3.21. The monoisotopic (exact) mass is 272 g/mol. The van der Waals surface area contributed by atoms with Crippen LogP contribution in [0, 0.1) is 0 Å². The first-order chi connectivity index (χ1) is 8.88. The van der Waals surface area contributed by atoms with Crippen molar-refractivity contribution in [1.29, 1.82) is 0 Å². The number of hydrogen-bond acceptors (Lipinski definition) is 2. The van der Waals surface area contributed by atoms with Crippen LogP contribution in [0.1, 0.15) is 24.8 Å². The smallest absolute Gasteiger partial charge is 0.389 e. The lowest BCUT2D eigenvalue weighted by molar-refractivity contribution is -0.143. The van der Waals surface area contributed by atoms with E-state index in [1.54, 1.807) is 18.2 Å². The predicted molar refractivity (Wildman–Crippen MR) is 66.8 cm³/mol. The van der Waals surface area contributed by atoms with Gasteiger partial charge in [0.1, 0.15) is 0 Å². The van der Waals surface area contributed by atoms with Crippen LogP contribution in [0.2, 0.25) is 0 Å². The average molecular weight is 272 g/mol. The Balaban J connectivity index is 2.15. The van der Waals surface area contributed by atoms with E-state index < -0.39 is 24.9 Å². The van der Waals surface area contributed by atoms with Crippen molar-refractivity contribution >= 4 is 17.3 Å². The highest BCUT2D eigenvalue weighted by Gasteiger charge is 2.30. The van der Waals surface area contributed by atoms with Crippen molar-refractivity contribution in [2.75, 3.05) is 17.2 Å². The largest absolute Gasteiger partial charge is 0.398 e. The van der Waals surface area contributed by atoms with Gasteiger partial charge in [-0.15, -0.1) is 0 Å². The lowest BCUT2D eigenvalue weighted by Gasteiger charge is -2.30. The SMILES string of the molecule is Nc1cccc2c1CCCN2C(=O)CCC(F)(F)F. The highest BCUT2D eigenvalue weighted by Crippen LogP contribution is 2.32. The molecule has 0 radical (unpaired) electrons. The molecule has 19 heavy (non-hydrogen) atoms. The summed E-state index contributed by atoms with van der Waals surface area (Å²) >= 11 is 0. The molecule has 0 atom stereocenters. The van der Waals surface area contributed by atoms with E-state index in [4.69, 9.17) is 5.73 Å². The second-order valence-electron chi connectivity index (χ2n) is 4.61. The Morgan fingerprint density at radius 1 is 1.37 bits per heavy atom. The van der Waals surface area contributed by atoms with E-state index in [2.05, 4.69) is 0 Å². The third-order valence-corrected chi connectivity index (χ3v) is 3.21. The Hall–Kier alpha value is -1.72. The standard InChI is InChI=1S/C13H15F3N2O/c14-13(15,16)7-6-12(19)18-8-2-3-9-10(17)4-1-5-11(9)18/h1,4-5H,2-3,6-8,17H2. The number of amides is 1. The van der Waals surface area contributed by atoms with Gasteiger partial charge >= 0.3 is 6.18 Å². The molecule has 1 aliphatic rings. The molecule has 0 spiro atoms. The normalized spacial score (nSPS) is 15.2. The molecule has 1 aromatic rings. The molecule has 1 heterocycles. The molecule has 0 fully saturated rings. The summed E-state index contributed by atoms with van der Waals surface area (Å²) in [7, 11) is 0. The molecule has 0 aliphatic carbocycles. The minimum atomic E-state index is -4.30. The molecular weight excluding hydrogens is 257 g/mol. The van der Waals surface area contributed by atoms with Crippen LogP contribution in [-0.4, -0.2) is 18.6 Å². The number of fused-ring (bicyclic) bond motifs is 1. The fourth-order valence-corrected chi connectivity index (χ4v) is 2.29. The lowest BCUT2D eigenvalue weighted by Crippen LogP contribution is -2.36. The summed E-state index contributed by atoms with van der Waals surface area (Å²) < 4.78 is 36.5. The molecule has 2 rings (SSSR count). The number of nitrogen functional groups attached to an aromatic ring is 1. The fraction of sp³-hybridized carbons (Fsp3) is 0.462. The molecule has 3 nitrogen and oxygen atoms in total. The van der Waals surface area contributed by atoms with Crippen LogP contribution in [0.15, 0.2) is 18.2 Å². The van der Waals surface area contributed by atoms with Crippen LogP contribution < -0.4 is 10.6 Å². The minimum absolute atomic E-state index is 0.452. The van der Waals surface area contributed by atoms with Crippen molar-refractivity contribution in [1.82, 2.24) is 0 Å². The number of carbonyl (C=O) groups excluding carboxylic acids is 1. The maximum Gasteiger partial charge on any atom is 0.389 e. The summed E-state index contributed by atoms with van der Waals surface area (Å²) in [5.41, 5.74) is 7.92. The number of halogens is 3. The molecule has 6 heteroatoms. The molecule has 1 amide bonds. The van der Waals surface area contributed by atoms with Crippen molar-refractivity contribution < 1.29 is 18.0 Å². The van der Waals surface area contributed by atoms with Gasteiger partial charge in [0.05, 0.1) is 6.42 Å². The van der Waals surface area contributed by atoms with E-state index in [1.807, 2.05) is 0 Å². The first-order valence-electron chi connectivity index (χ1n) is 6.13. The molecule has 104 valence electrons. The summed E-state index contributed by atoms with van der Waals surface area (Å²) in [6.07, 6.45) is -4.42. The summed E-state index contributed by atoms with van der Waals surface area (Å²) in [6.45, 7) is 0.452. The van der Waals surface area contributed by atoms with Gasteiger partial charge in [-0.3, -0.25) is 4.79 Å². The average Bonchev–Trinajstić information content (AvgIpc) is 2.35.